The van der Waals surface area contributed by atoms with Crippen LogP contribution in [0.4, 0.5) is 5.69 Å². The van der Waals surface area contributed by atoms with Crippen LogP contribution in [0.2, 0.25) is 0 Å². The molecule has 1 aromatic rings. The predicted octanol–water partition coefficient (Wildman–Crippen LogP) is 2.26. The second kappa shape index (κ2) is 6.65. The third kappa shape index (κ3) is 3.45. The Kier molecular flexibility index (Phi) is 5.44. The molecule has 1 rings (SSSR count). The summed E-state index contributed by atoms with van der Waals surface area (Å²) in [5, 5.41) is 22.0. The van der Waals surface area contributed by atoms with E-state index in [4.69, 9.17) is 0 Å². The van der Waals surface area contributed by atoms with Crippen molar-refractivity contribution in [2.75, 3.05) is 11.9 Å². The molecule has 3 N–H and O–H groups in total. The van der Waals surface area contributed by atoms with Gasteiger partial charge in [-0.15, -0.1) is 0 Å². The maximum atomic E-state index is 11.4. The molecule has 20 heavy (non-hydrogen) atoms. The molecule has 112 valence electrons. The van der Waals surface area contributed by atoms with Crippen LogP contribution in [0.5, 0.6) is 0 Å². The highest BCUT2D eigenvalue weighted by molar-refractivity contribution is 5.91. The minimum atomic E-state index is -1.10. The van der Waals surface area contributed by atoms with Gasteiger partial charge < -0.3 is 15.5 Å². The average molecular weight is 281 g/mol. The number of aromatic carboxylic acids is 1. The van der Waals surface area contributed by atoms with Gasteiger partial charge in [-0.2, -0.15) is 0 Å². The van der Waals surface area contributed by atoms with Crippen LogP contribution in [-0.2, 0) is 0 Å². The molecule has 0 unspecified atom stereocenters. The monoisotopic (exact) mass is 281 g/mol. The summed E-state index contributed by atoms with van der Waals surface area (Å²) in [7, 11) is 0. The van der Waals surface area contributed by atoms with E-state index < -0.39 is 11.5 Å². The fraction of sp³-hybridized carbons (Fsp3) is 0.643. The highest BCUT2D eigenvalue weighted by Gasteiger charge is 2.27. The lowest BCUT2D eigenvalue weighted by molar-refractivity contribution is 0.0690. The number of rotatable bonds is 7. The van der Waals surface area contributed by atoms with Crippen molar-refractivity contribution < 1.29 is 15.0 Å². The van der Waals surface area contributed by atoms with E-state index in [1.807, 2.05) is 27.7 Å². The third-order valence-corrected chi connectivity index (χ3v) is 3.58. The van der Waals surface area contributed by atoms with Gasteiger partial charge in [-0.05, 0) is 12.8 Å². The Morgan fingerprint density at radius 1 is 1.40 bits per heavy atom. The Labute approximate surface area is 119 Å². The molecule has 0 spiro atoms. The van der Waals surface area contributed by atoms with E-state index in [2.05, 4.69) is 15.3 Å². The van der Waals surface area contributed by atoms with E-state index in [0.29, 0.717) is 24.4 Å². The SMILES string of the molecule is CCC(CC)(CO)Nc1cnc(C(C)C)nc1C(=O)O. The van der Waals surface area contributed by atoms with Crippen LogP contribution in [0.1, 0.15) is 62.8 Å². The van der Waals surface area contributed by atoms with Crippen molar-refractivity contribution in [3.63, 3.8) is 0 Å². The zero-order valence-corrected chi connectivity index (χ0v) is 12.5. The summed E-state index contributed by atoms with van der Waals surface area (Å²) in [5.41, 5.74) is -0.254. The molecule has 0 aromatic carbocycles. The van der Waals surface area contributed by atoms with Gasteiger partial charge in [0.15, 0.2) is 5.69 Å². The number of aliphatic hydroxyl groups excluding tert-OH is 1. The molecule has 6 heteroatoms. The Balaban J connectivity index is 3.21. The van der Waals surface area contributed by atoms with Crippen molar-refractivity contribution in [2.24, 2.45) is 0 Å². The summed E-state index contributed by atoms with van der Waals surface area (Å²) in [6, 6.07) is 0. The molecule has 6 nitrogen and oxygen atoms in total. The number of hydrogen-bond donors (Lipinski definition) is 3. The molecular formula is C14H23N3O3. The summed E-state index contributed by atoms with van der Waals surface area (Å²) in [6.45, 7) is 7.62. The highest BCUT2D eigenvalue weighted by Crippen LogP contribution is 2.24. The molecule has 0 fully saturated rings. The number of nitrogens with one attached hydrogen (secondary N) is 1. The number of anilines is 1. The van der Waals surface area contributed by atoms with Gasteiger partial charge in [0.2, 0.25) is 0 Å². The molecule has 0 bridgehead atoms. The molecule has 0 aliphatic carbocycles. The van der Waals surface area contributed by atoms with Gasteiger partial charge in [0.1, 0.15) is 5.82 Å². The first-order chi connectivity index (χ1) is 9.39. The van der Waals surface area contributed by atoms with Crippen LogP contribution in [0.15, 0.2) is 6.20 Å². The van der Waals surface area contributed by atoms with Crippen LogP contribution in [0.3, 0.4) is 0 Å². The van der Waals surface area contributed by atoms with Crippen molar-refractivity contribution in [3.05, 3.63) is 17.7 Å². The molecule has 0 saturated heterocycles. The molecule has 1 aromatic heterocycles. The molecule has 0 saturated carbocycles. The summed E-state index contributed by atoms with van der Waals surface area (Å²) in [5.74, 6) is -0.548. The Hall–Kier alpha value is -1.69. The van der Waals surface area contributed by atoms with Gasteiger partial charge in [0, 0.05) is 5.92 Å². The minimum Gasteiger partial charge on any atom is -0.476 e. The number of carboxylic acids is 1. The smallest absolute Gasteiger partial charge is 0.356 e. The fourth-order valence-corrected chi connectivity index (χ4v) is 1.90. The van der Waals surface area contributed by atoms with Crippen molar-refractivity contribution in [2.45, 2.75) is 52.0 Å². The second-order valence-corrected chi connectivity index (χ2v) is 5.22. The minimum absolute atomic E-state index is 0.0524. The lowest BCUT2D eigenvalue weighted by Gasteiger charge is -2.32. The van der Waals surface area contributed by atoms with E-state index >= 15 is 0 Å². The third-order valence-electron chi connectivity index (χ3n) is 3.58. The molecule has 0 aliphatic rings. The van der Waals surface area contributed by atoms with Crippen LogP contribution in [0, 0.1) is 0 Å². The standard InChI is InChI=1S/C14H23N3O3/c1-5-14(6-2,8-18)17-10-7-15-12(9(3)4)16-11(10)13(19)20/h7,9,17-18H,5-6,8H2,1-4H3,(H,19,20). The normalized spacial score (nSPS) is 11.7. The Bertz CT molecular complexity index is 462. The van der Waals surface area contributed by atoms with Crippen molar-refractivity contribution in [1.82, 2.24) is 9.97 Å². The van der Waals surface area contributed by atoms with E-state index in [0.717, 1.165) is 0 Å². The van der Waals surface area contributed by atoms with E-state index in [1.54, 1.807) is 0 Å². The summed E-state index contributed by atoms with van der Waals surface area (Å²) in [4.78, 5) is 19.6. The average Bonchev–Trinajstić information content (AvgIpc) is 2.44. The first-order valence-electron chi connectivity index (χ1n) is 6.88. The van der Waals surface area contributed by atoms with Crippen LogP contribution < -0.4 is 5.32 Å². The van der Waals surface area contributed by atoms with Crippen LogP contribution in [0.25, 0.3) is 0 Å². The van der Waals surface area contributed by atoms with Crippen LogP contribution in [-0.4, -0.2) is 38.3 Å². The van der Waals surface area contributed by atoms with Crippen molar-refractivity contribution in [3.8, 4) is 0 Å². The molecular weight excluding hydrogens is 258 g/mol. The van der Waals surface area contributed by atoms with Crippen molar-refractivity contribution in [1.29, 1.82) is 0 Å². The lowest BCUT2D eigenvalue weighted by atomic mass is 9.93. The molecule has 0 amide bonds. The topological polar surface area (TPSA) is 95.3 Å². The summed E-state index contributed by atoms with van der Waals surface area (Å²) in [6.07, 6.45) is 2.83. The lowest BCUT2D eigenvalue weighted by Crippen LogP contribution is -2.41. The quantitative estimate of drug-likeness (QED) is 0.709. The summed E-state index contributed by atoms with van der Waals surface area (Å²) < 4.78 is 0. The van der Waals surface area contributed by atoms with Gasteiger partial charge in [-0.1, -0.05) is 27.7 Å². The number of aliphatic hydroxyl groups is 1. The van der Waals surface area contributed by atoms with Crippen molar-refractivity contribution >= 4 is 11.7 Å². The van der Waals surface area contributed by atoms with E-state index in [1.165, 1.54) is 6.20 Å². The van der Waals surface area contributed by atoms with Gasteiger partial charge in [-0.25, -0.2) is 14.8 Å². The molecule has 0 atom stereocenters. The first-order valence-corrected chi connectivity index (χ1v) is 6.88. The van der Waals surface area contributed by atoms with Gasteiger partial charge >= 0.3 is 5.97 Å². The van der Waals surface area contributed by atoms with Crippen LogP contribution >= 0.6 is 0 Å². The number of aromatic nitrogens is 2. The molecule has 0 aliphatic heterocycles. The number of carbonyl (C=O) groups is 1. The summed E-state index contributed by atoms with van der Waals surface area (Å²) >= 11 is 0. The number of nitrogens with zero attached hydrogens (tertiary/aromatic N) is 2. The second-order valence-electron chi connectivity index (χ2n) is 5.22. The fourth-order valence-electron chi connectivity index (χ4n) is 1.90. The predicted molar refractivity (Wildman–Crippen MR) is 77.1 cm³/mol. The van der Waals surface area contributed by atoms with Gasteiger partial charge in [-0.3, -0.25) is 0 Å². The zero-order chi connectivity index (χ0) is 15.3. The molecule has 1 heterocycles. The van der Waals surface area contributed by atoms with E-state index in [-0.39, 0.29) is 18.2 Å². The highest BCUT2D eigenvalue weighted by atomic mass is 16.4. The Morgan fingerprint density at radius 3 is 2.40 bits per heavy atom. The molecule has 0 radical (unpaired) electrons. The number of hydrogen-bond acceptors (Lipinski definition) is 5. The van der Waals surface area contributed by atoms with Gasteiger partial charge in [0.25, 0.3) is 0 Å². The number of carboxylic acid groups (broad SMARTS) is 1. The van der Waals surface area contributed by atoms with Gasteiger partial charge in [0.05, 0.1) is 24.0 Å². The maximum absolute atomic E-state index is 11.4. The largest absolute Gasteiger partial charge is 0.476 e. The maximum Gasteiger partial charge on any atom is 0.356 e. The Morgan fingerprint density at radius 2 is 2.00 bits per heavy atom. The van der Waals surface area contributed by atoms with E-state index in [9.17, 15) is 15.0 Å². The first kappa shape index (κ1) is 16.4. The zero-order valence-electron chi connectivity index (χ0n) is 12.5.